The minimum atomic E-state index is -3.80. The largest absolute Gasteiger partial charge is 0.492 e. The van der Waals surface area contributed by atoms with E-state index in [9.17, 15) is 13.2 Å². The van der Waals surface area contributed by atoms with E-state index in [1.807, 2.05) is 24.3 Å². The summed E-state index contributed by atoms with van der Waals surface area (Å²) in [6.07, 6.45) is 2.10. The van der Waals surface area contributed by atoms with Gasteiger partial charge in [0.05, 0.1) is 0 Å². The molecule has 0 atom stereocenters. The van der Waals surface area contributed by atoms with Crippen molar-refractivity contribution < 1.29 is 17.9 Å². The number of nitrogens with zero attached hydrogens (tertiary/aromatic N) is 2. The number of amides is 1. The molecule has 0 saturated heterocycles. The Morgan fingerprint density at radius 1 is 1.22 bits per heavy atom. The molecule has 1 aromatic carbocycles. The van der Waals surface area contributed by atoms with E-state index in [1.165, 1.54) is 5.56 Å². The quantitative estimate of drug-likeness (QED) is 0.458. The number of anilines is 1. The Kier molecular flexibility index (Phi) is 7.69. The molecule has 2 rings (SSSR count). The first-order valence-electron chi connectivity index (χ1n) is 8.67. The molecule has 0 saturated carbocycles. The van der Waals surface area contributed by atoms with Gasteiger partial charge in [0.15, 0.2) is 0 Å². The summed E-state index contributed by atoms with van der Waals surface area (Å²) < 4.78 is 32.2. The van der Waals surface area contributed by atoms with Crippen molar-refractivity contribution in [2.75, 3.05) is 18.5 Å². The van der Waals surface area contributed by atoms with Crippen LogP contribution in [-0.4, -0.2) is 37.7 Å². The monoisotopic (exact) mass is 412 g/mol. The molecule has 27 heavy (non-hydrogen) atoms. The molecule has 10 heteroatoms. The van der Waals surface area contributed by atoms with E-state index >= 15 is 0 Å². The summed E-state index contributed by atoms with van der Waals surface area (Å²) >= 11 is 0.801. The number of benzene rings is 1. The lowest BCUT2D eigenvalue weighted by Crippen LogP contribution is -2.28. The van der Waals surface area contributed by atoms with Gasteiger partial charge in [-0.2, -0.15) is 0 Å². The molecule has 0 unspecified atom stereocenters. The molecule has 0 aliphatic rings. The van der Waals surface area contributed by atoms with Gasteiger partial charge in [-0.15, -0.1) is 10.2 Å². The summed E-state index contributed by atoms with van der Waals surface area (Å²) in [6.45, 7) is 5.85. The number of hydrogen-bond acceptors (Lipinski definition) is 7. The molecule has 0 spiro atoms. The summed E-state index contributed by atoms with van der Waals surface area (Å²) in [5.41, 5.74) is 1.24. The first kappa shape index (κ1) is 21.3. The molecule has 0 aliphatic carbocycles. The predicted octanol–water partition coefficient (Wildman–Crippen LogP) is 2.44. The number of carbonyl (C=O) groups excluding carboxylic acids is 1. The van der Waals surface area contributed by atoms with Crippen molar-refractivity contribution in [3.05, 3.63) is 29.8 Å². The van der Waals surface area contributed by atoms with Crippen molar-refractivity contribution in [1.82, 2.24) is 14.9 Å². The Bertz CT molecular complexity index is 848. The molecule has 1 heterocycles. The topological polar surface area (TPSA) is 110 Å². The van der Waals surface area contributed by atoms with E-state index < -0.39 is 10.0 Å². The van der Waals surface area contributed by atoms with Gasteiger partial charge in [-0.3, -0.25) is 4.79 Å². The summed E-state index contributed by atoms with van der Waals surface area (Å²) in [4.78, 5) is 11.6. The number of sulfonamides is 1. The highest BCUT2D eigenvalue weighted by atomic mass is 32.2. The van der Waals surface area contributed by atoms with E-state index in [4.69, 9.17) is 4.74 Å². The molecule has 0 aliphatic heterocycles. The Hall–Kier alpha value is -2.04. The maximum atomic E-state index is 12.2. The van der Waals surface area contributed by atoms with Gasteiger partial charge >= 0.3 is 0 Å². The smallest absolute Gasteiger partial charge is 0.269 e. The van der Waals surface area contributed by atoms with Crippen LogP contribution in [0.2, 0.25) is 0 Å². The summed E-state index contributed by atoms with van der Waals surface area (Å²) in [7, 11) is -3.80. The van der Waals surface area contributed by atoms with Crippen molar-refractivity contribution in [3.63, 3.8) is 0 Å². The van der Waals surface area contributed by atoms with Gasteiger partial charge in [-0.05, 0) is 24.1 Å². The average molecular weight is 413 g/mol. The highest BCUT2D eigenvalue weighted by Gasteiger charge is 2.21. The highest BCUT2D eigenvalue weighted by molar-refractivity contribution is 7.91. The molecule has 1 amide bonds. The van der Waals surface area contributed by atoms with Crippen LogP contribution in [0.15, 0.2) is 28.6 Å². The summed E-state index contributed by atoms with van der Waals surface area (Å²) in [6, 6.07) is 7.73. The van der Waals surface area contributed by atoms with Gasteiger partial charge in [-0.25, -0.2) is 13.1 Å². The zero-order valence-corrected chi connectivity index (χ0v) is 17.2. The molecule has 8 nitrogen and oxygen atoms in total. The lowest BCUT2D eigenvalue weighted by atomic mass is 10.1. The number of carbonyl (C=O) groups is 1. The Labute approximate surface area is 163 Å². The number of ether oxygens (including phenoxy) is 1. The normalized spacial score (nSPS) is 11.6. The van der Waals surface area contributed by atoms with Crippen LogP contribution in [0.25, 0.3) is 0 Å². The second-order valence-electron chi connectivity index (χ2n) is 6.16. The first-order valence-corrected chi connectivity index (χ1v) is 11.0. The molecular weight excluding hydrogens is 388 g/mol. The van der Waals surface area contributed by atoms with Crippen LogP contribution in [0.4, 0.5) is 5.13 Å². The van der Waals surface area contributed by atoms with Crippen molar-refractivity contribution in [3.8, 4) is 5.75 Å². The molecule has 0 radical (unpaired) electrons. The van der Waals surface area contributed by atoms with E-state index in [0.717, 1.165) is 24.2 Å². The molecule has 0 bridgehead atoms. The minimum Gasteiger partial charge on any atom is -0.492 e. The zero-order chi connectivity index (χ0) is 19.9. The van der Waals surface area contributed by atoms with Gasteiger partial charge in [0, 0.05) is 12.5 Å². The van der Waals surface area contributed by atoms with Crippen LogP contribution < -0.4 is 14.8 Å². The van der Waals surface area contributed by atoms with Gasteiger partial charge in [0.1, 0.15) is 12.4 Å². The third kappa shape index (κ3) is 6.56. The number of hydrogen-bond donors (Lipinski definition) is 2. The van der Waals surface area contributed by atoms with Gasteiger partial charge in [0.25, 0.3) is 10.0 Å². The summed E-state index contributed by atoms with van der Waals surface area (Å²) in [5, 5.41) is 9.99. The van der Waals surface area contributed by atoms with E-state index in [-0.39, 0.29) is 34.4 Å². The molecular formula is C17H24N4O4S2. The molecule has 2 N–H and O–H groups in total. The van der Waals surface area contributed by atoms with Crippen molar-refractivity contribution in [2.24, 2.45) is 5.92 Å². The molecule has 148 valence electrons. The van der Waals surface area contributed by atoms with Crippen LogP contribution in [0.1, 0.15) is 32.8 Å². The van der Waals surface area contributed by atoms with Crippen molar-refractivity contribution in [1.29, 1.82) is 0 Å². The molecule has 2 aromatic rings. The van der Waals surface area contributed by atoms with Crippen LogP contribution in [0.3, 0.4) is 0 Å². The van der Waals surface area contributed by atoms with E-state index in [0.29, 0.717) is 5.75 Å². The average Bonchev–Trinajstić information content (AvgIpc) is 3.10. The van der Waals surface area contributed by atoms with Crippen molar-refractivity contribution >= 4 is 32.4 Å². The highest BCUT2D eigenvalue weighted by Crippen LogP contribution is 2.20. The van der Waals surface area contributed by atoms with E-state index in [1.54, 1.807) is 13.8 Å². The van der Waals surface area contributed by atoms with E-state index in [2.05, 4.69) is 27.2 Å². The van der Waals surface area contributed by atoms with Gasteiger partial charge in [-0.1, -0.05) is 50.7 Å². The lowest BCUT2D eigenvalue weighted by Gasteiger charge is -2.07. The van der Waals surface area contributed by atoms with Gasteiger partial charge in [0.2, 0.25) is 15.4 Å². The Balaban J connectivity index is 1.82. The second kappa shape index (κ2) is 9.77. The summed E-state index contributed by atoms with van der Waals surface area (Å²) in [5.74, 6) is 0.199. The maximum Gasteiger partial charge on any atom is 0.269 e. The van der Waals surface area contributed by atoms with Crippen LogP contribution in [-0.2, 0) is 21.2 Å². The molecule has 1 aromatic heterocycles. The maximum absolute atomic E-state index is 12.2. The van der Waals surface area contributed by atoms with Crippen LogP contribution in [0.5, 0.6) is 5.75 Å². The number of nitrogens with one attached hydrogen (secondary N) is 2. The zero-order valence-electron chi connectivity index (χ0n) is 15.6. The predicted molar refractivity (Wildman–Crippen MR) is 104 cm³/mol. The number of aromatic nitrogens is 2. The number of aryl methyl sites for hydroxylation is 1. The third-order valence-corrected chi connectivity index (χ3v) is 6.18. The van der Waals surface area contributed by atoms with Crippen molar-refractivity contribution in [2.45, 2.75) is 38.0 Å². The standard InChI is InChI=1S/C17H24N4O4S2/c1-4-5-13-6-8-14(9-7-13)25-11-10-18-27(23,24)17-21-20-16(26-17)19-15(22)12(2)3/h6-9,12,18H,4-5,10-11H2,1-3H3,(H,19,20,22). The number of rotatable bonds is 10. The fraction of sp³-hybridized carbons (Fsp3) is 0.471. The Morgan fingerprint density at radius 2 is 1.93 bits per heavy atom. The first-order chi connectivity index (χ1) is 12.8. The molecule has 0 fully saturated rings. The SMILES string of the molecule is CCCc1ccc(OCCNS(=O)(=O)c2nnc(NC(=O)C(C)C)s2)cc1. The van der Waals surface area contributed by atoms with Crippen LogP contribution in [0, 0.1) is 5.92 Å². The Morgan fingerprint density at radius 3 is 2.56 bits per heavy atom. The van der Waals surface area contributed by atoms with Crippen LogP contribution >= 0.6 is 11.3 Å². The lowest BCUT2D eigenvalue weighted by molar-refractivity contribution is -0.118. The minimum absolute atomic E-state index is 0.0896. The second-order valence-corrected chi connectivity index (χ2v) is 9.08. The fourth-order valence-electron chi connectivity index (χ4n) is 2.07. The van der Waals surface area contributed by atoms with Gasteiger partial charge < -0.3 is 10.1 Å². The third-order valence-electron chi connectivity index (χ3n) is 3.52. The fourth-order valence-corrected chi connectivity index (χ4v) is 4.02.